The zero-order valence-corrected chi connectivity index (χ0v) is 42.0. The van der Waals surface area contributed by atoms with Crippen LogP contribution in [0, 0.1) is 0 Å². The Bertz CT molecular complexity index is 1360. The molecule has 0 spiro atoms. The van der Waals surface area contributed by atoms with Crippen molar-refractivity contribution in [1.82, 2.24) is 0 Å². The van der Waals surface area contributed by atoms with Crippen molar-refractivity contribution in [2.75, 3.05) is 13.2 Å². The number of carbonyl (C=O) groups is 3. The van der Waals surface area contributed by atoms with Crippen LogP contribution in [0.3, 0.4) is 0 Å². The van der Waals surface area contributed by atoms with Crippen molar-refractivity contribution >= 4 is 17.9 Å². The molecule has 0 aromatic carbocycles. The van der Waals surface area contributed by atoms with E-state index in [1.165, 1.54) is 89.9 Å². The van der Waals surface area contributed by atoms with Crippen molar-refractivity contribution < 1.29 is 28.6 Å². The number of hydrogen-bond acceptors (Lipinski definition) is 6. The van der Waals surface area contributed by atoms with Gasteiger partial charge in [-0.3, -0.25) is 14.4 Å². The number of rotatable bonds is 46. The van der Waals surface area contributed by atoms with Gasteiger partial charge in [-0.15, -0.1) is 0 Å². The zero-order chi connectivity index (χ0) is 47.2. The minimum atomic E-state index is -0.833. The lowest BCUT2D eigenvalue weighted by Crippen LogP contribution is -2.30. The van der Waals surface area contributed by atoms with Gasteiger partial charge in [0, 0.05) is 19.3 Å². The topological polar surface area (TPSA) is 78.9 Å². The summed E-state index contributed by atoms with van der Waals surface area (Å²) in [5, 5.41) is 0. The van der Waals surface area contributed by atoms with E-state index in [-0.39, 0.29) is 44.0 Å². The highest BCUT2D eigenvalue weighted by atomic mass is 16.6. The molecule has 0 saturated heterocycles. The molecular weight excluding hydrogens is 805 g/mol. The van der Waals surface area contributed by atoms with Crippen LogP contribution in [0.4, 0.5) is 0 Å². The molecule has 0 rings (SSSR count). The predicted molar refractivity (Wildman–Crippen MR) is 279 cm³/mol. The standard InChI is InChI=1S/C59H96O6/c1-4-7-10-13-16-19-22-25-27-29-31-34-37-40-43-46-49-52-58(61)64-55-56(54-63-57(60)51-48-45-42-39-36-33-24-21-18-15-12-9-6-3)65-59(62)53-50-47-44-41-38-35-32-30-28-26-23-20-17-14-11-8-5-2/h16-17,19-21,24-28,31-32,34-35,40-41,43-44,56H,4-15,18,22-23,29-30,33,36-39,42,45-55H2,1-3H3/b19-16+,20-17+,24-21+,27-25+,28-26+,34-31+,35-32+,43-40+,44-41+/t56-/m1/s1. The van der Waals surface area contributed by atoms with Gasteiger partial charge in [-0.25, -0.2) is 0 Å². The lowest BCUT2D eigenvalue weighted by molar-refractivity contribution is -0.167. The van der Waals surface area contributed by atoms with Gasteiger partial charge < -0.3 is 14.2 Å². The maximum absolute atomic E-state index is 12.8. The Kier molecular flexibility index (Phi) is 49.5. The molecule has 65 heavy (non-hydrogen) atoms. The molecule has 1 atom stereocenters. The molecular formula is C59H96O6. The Labute approximate surface area is 400 Å². The van der Waals surface area contributed by atoms with E-state index in [0.29, 0.717) is 19.3 Å². The fourth-order valence-electron chi connectivity index (χ4n) is 6.71. The first-order chi connectivity index (χ1) is 32.0. The fraction of sp³-hybridized carbons (Fsp3) is 0.644. The van der Waals surface area contributed by atoms with Gasteiger partial charge in [-0.05, 0) is 122 Å². The van der Waals surface area contributed by atoms with E-state index in [9.17, 15) is 14.4 Å². The number of carbonyl (C=O) groups excluding carboxylic acids is 3. The van der Waals surface area contributed by atoms with Gasteiger partial charge in [-0.1, -0.05) is 194 Å². The van der Waals surface area contributed by atoms with Gasteiger partial charge in [0.1, 0.15) is 13.2 Å². The molecule has 0 aliphatic heterocycles. The lowest BCUT2D eigenvalue weighted by Gasteiger charge is -2.18. The largest absolute Gasteiger partial charge is 0.462 e. The molecule has 0 fully saturated rings. The van der Waals surface area contributed by atoms with Crippen LogP contribution in [0.15, 0.2) is 109 Å². The van der Waals surface area contributed by atoms with Crippen LogP contribution < -0.4 is 0 Å². The highest BCUT2D eigenvalue weighted by Gasteiger charge is 2.19. The Morgan fingerprint density at radius 2 is 0.569 bits per heavy atom. The predicted octanol–water partition coefficient (Wildman–Crippen LogP) is 17.5. The minimum Gasteiger partial charge on any atom is -0.462 e. The number of ether oxygens (including phenoxy) is 3. The van der Waals surface area contributed by atoms with Crippen LogP contribution in [-0.2, 0) is 28.6 Å². The van der Waals surface area contributed by atoms with Crippen LogP contribution in [-0.4, -0.2) is 37.2 Å². The van der Waals surface area contributed by atoms with E-state index in [2.05, 4.69) is 130 Å². The molecule has 0 N–H and O–H groups in total. The van der Waals surface area contributed by atoms with Gasteiger partial charge >= 0.3 is 17.9 Å². The van der Waals surface area contributed by atoms with Crippen LogP contribution in [0.2, 0.25) is 0 Å². The van der Waals surface area contributed by atoms with Gasteiger partial charge in [0.2, 0.25) is 0 Å². The summed E-state index contributed by atoms with van der Waals surface area (Å²) in [6, 6.07) is 0. The molecule has 0 aromatic heterocycles. The van der Waals surface area contributed by atoms with Crippen LogP contribution in [0.1, 0.15) is 226 Å². The Morgan fingerprint density at radius 3 is 0.969 bits per heavy atom. The smallest absolute Gasteiger partial charge is 0.306 e. The summed E-state index contributed by atoms with van der Waals surface area (Å²) < 4.78 is 16.7. The Hall–Kier alpha value is -3.93. The van der Waals surface area contributed by atoms with E-state index in [1.54, 1.807) is 0 Å². The molecule has 0 aliphatic carbocycles. The first-order valence-corrected chi connectivity index (χ1v) is 26.4. The SMILES string of the molecule is CCCCC/C=C/C/C=C/C/C=C/C/C=C/CCCC(=O)OC[C@@H](COC(=O)CCCCCCC/C=C/CCCCCC)OC(=O)CCC/C=C/C/C=C/C/C=C/C/C=C/CCCCC. The van der Waals surface area contributed by atoms with Gasteiger partial charge in [0.25, 0.3) is 0 Å². The highest BCUT2D eigenvalue weighted by molar-refractivity contribution is 5.71. The van der Waals surface area contributed by atoms with Crippen molar-refractivity contribution in [3.63, 3.8) is 0 Å². The van der Waals surface area contributed by atoms with E-state index < -0.39 is 6.10 Å². The quantitative estimate of drug-likeness (QED) is 0.0262. The average Bonchev–Trinajstić information content (AvgIpc) is 3.30. The zero-order valence-electron chi connectivity index (χ0n) is 42.0. The monoisotopic (exact) mass is 901 g/mol. The van der Waals surface area contributed by atoms with E-state index in [1.807, 2.05) is 0 Å². The van der Waals surface area contributed by atoms with Crippen LogP contribution in [0.25, 0.3) is 0 Å². The third-order valence-corrected chi connectivity index (χ3v) is 10.7. The molecule has 0 bridgehead atoms. The molecule has 0 saturated carbocycles. The third kappa shape index (κ3) is 50.9. The van der Waals surface area contributed by atoms with Crippen LogP contribution >= 0.6 is 0 Å². The number of allylic oxidation sites excluding steroid dienone is 18. The van der Waals surface area contributed by atoms with Gasteiger partial charge in [0.05, 0.1) is 0 Å². The normalized spacial score (nSPS) is 13.0. The van der Waals surface area contributed by atoms with E-state index in [0.717, 1.165) is 83.5 Å². The first kappa shape index (κ1) is 61.1. The van der Waals surface area contributed by atoms with Crippen molar-refractivity contribution in [2.24, 2.45) is 0 Å². The molecule has 6 nitrogen and oxygen atoms in total. The number of unbranched alkanes of at least 4 members (excludes halogenated alkanes) is 17. The Morgan fingerprint density at radius 1 is 0.308 bits per heavy atom. The second-order valence-corrected chi connectivity index (χ2v) is 17.1. The van der Waals surface area contributed by atoms with Gasteiger partial charge in [-0.2, -0.15) is 0 Å². The second kappa shape index (κ2) is 52.7. The van der Waals surface area contributed by atoms with Crippen molar-refractivity contribution in [2.45, 2.75) is 232 Å². The van der Waals surface area contributed by atoms with E-state index >= 15 is 0 Å². The summed E-state index contributed by atoms with van der Waals surface area (Å²) in [4.78, 5) is 38.0. The summed E-state index contributed by atoms with van der Waals surface area (Å²) in [6.45, 7) is 6.45. The Balaban J connectivity index is 4.59. The summed E-state index contributed by atoms with van der Waals surface area (Å²) in [5.41, 5.74) is 0. The molecule has 0 aromatic rings. The van der Waals surface area contributed by atoms with Gasteiger partial charge in [0.15, 0.2) is 6.10 Å². The lowest BCUT2D eigenvalue weighted by atomic mass is 10.1. The summed E-state index contributed by atoms with van der Waals surface area (Å²) in [7, 11) is 0. The molecule has 368 valence electrons. The molecule has 0 aliphatic rings. The molecule has 6 heteroatoms. The molecule has 0 heterocycles. The van der Waals surface area contributed by atoms with Crippen molar-refractivity contribution in [3.05, 3.63) is 109 Å². The van der Waals surface area contributed by atoms with Crippen LogP contribution in [0.5, 0.6) is 0 Å². The number of esters is 3. The highest BCUT2D eigenvalue weighted by Crippen LogP contribution is 2.11. The molecule has 0 amide bonds. The summed E-state index contributed by atoms with van der Waals surface area (Å²) in [6.07, 6.45) is 70.8. The van der Waals surface area contributed by atoms with E-state index in [4.69, 9.17) is 14.2 Å². The molecule has 0 radical (unpaired) electrons. The maximum atomic E-state index is 12.8. The second-order valence-electron chi connectivity index (χ2n) is 17.1. The summed E-state index contributed by atoms with van der Waals surface area (Å²) >= 11 is 0. The maximum Gasteiger partial charge on any atom is 0.306 e. The van der Waals surface area contributed by atoms with Crippen molar-refractivity contribution in [3.8, 4) is 0 Å². The first-order valence-electron chi connectivity index (χ1n) is 26.4. The van der Waals surface area contributed by atoms with Crippen molar-refractivity contribution in [1.29, 1.82) is 0 Å². The average molecular weight is 901 g/mol. The fourth-order valence-corrected chi connectivity index (χ4v) is 6.71. The molecule has 0 unspecified atom stereocenters. The summed E-state index contributed by atoms with van der Waals surface area (Å²) in [5.74, 6) is -1.05. The third-order valence-electron chi connectivity index (χ3n) is 10.7. The number of hydrogen-bond donors (Lipinski definition) is 0. The minimum absolute atomic E-state index is 0.123.